The summed E-state index contributed by atoms with van der Waals surface area (Å²) in [5.41, 5.74) is 11.9. The zero-order chi connectivity index (χ0) is 15.7. The lowest BCUT2D eigenvalue weighted by Crippen LogP contribution is -2.30. The predicted molar refractivity (Wildman–Crippen MR) is 85.2 cm³/mol. The molecule has 6 nitrogen and oxygen atoms in total. The number of pyridine rings is 1. The van der Waals surface area contributed by atoms with Crippen LogP contribution in [-0.4, -0.2) is 27.6 Å². The molecule has 1 unspecified atom stereocenters. The van der Waals surface area contributed by atoms with Crippen LogP contribution in [0.25, 0.3) is 16.0 Å². The smallest absolute Gasteiger partial charge is 0.173 e. The van der Waals surface area contributed by atoms with Gasteiger partial charge in [0.1, 0.15) is 5.82 Å². The highest BCUT2D eigenvalue weighted by Gasteiger charge is 2.29. The second kappa shape index (κ2) is 5.82. The molecule has 0 fully saturated rings. The minimum atomic E-state index is -0.431. The normalized spacial score (nSPS) is 18.4. The molecule has 0 saturated carbocycles. The molecule has 1 aromatic heterocycles. The van der Waals surface area contributed by atoms with Crippen molar-refractivity contribution in [1.29, 1.82) is 0 Å². The number of hydrogen-bond donors (Lipinski definition) is 0. The molecule has 3 heterocycles. The number of aromatic nitrogens is 1. The summed E-state index contributed by atoms with van der Waals surface area (Å²) in [5.74, 6) is -0.404. The Morgan fingerprint density at radius 1 is 1.50 bits per heavy atom. The van der Waals surface area contributed by atoms with E-state index in [1.807, 2.05) is 12.3 Å². The molecule has 22 heavy (non-hydrogen) atoms. The first kappa shape index (κ1) is 14.6. The summed E-state index contributed by atoms with van der Waals surface area (Å²) in [6.45, 7) is 4.33. The van der Waals surface area contributed by atoms with Crippen LogP contribution in [0.3, 0.4) is 0 Å². The number of aliphatic imine (C=N–C) groups is 1. The fourth-order valence-electron chi connectivity index (χ4n) is 2.40. The van der Waals surface area contributed by atoms with Gasteiger partial charge in [0.25, 0.3) is 0 Å². The van der Waals surface area contributed by atoms with Gasteiger partial charge in [-0.1, -0.05) is 23.8 Å². The van der Waals surface area contributed by atoms with E-state index >= 15 is 0 Å². The quantitative estimate of drug-likeness (QED) is 0.482. The van der Waals surface area contributed by atoms with Gasteiger partial charge < -0.3 is 4.90 Å². The molecule has 0 bridgehead atoms. The number of amidine groups is 1. The highest BCUT2D eigenvalue weighted by atomic mass is 32.2. The molecule has 8 heteroatoms. The van der Waals surface area contributed by atoms with Gasteiger partial charge in [-0.15, -0.1) is 0 Å². The summed E-state index contributed by atoms with van der Waals surface area (Å²) in [6.07, 6.45) is 2.76. The Kier molecular flexibility index (Phi) is 3.87. The van der Waals surface area contributed by atoms with Crippen LogP contribution in [-0.2, 0) is 0 Å². The molecule has 0 radical (unpaired) electrons. The van der Waals surface area contributed by atoms with Crippen LogP contribution in [0.1, 0.15) is 19.4 Å². The Bertz CT molecular complexity index is 762. The molecule has 0 aromatic carbocycles. The van der Waals surface area contributed by atoms with E-state index in [0.717, 1.165) is 22.6 Å². The Morgan fingerprint density at radius 3 is 3.05 bits per heavy atom. The lowest BCUT2D eigenvalue weighted by atomic mass is 10.0. The highest BCUT2D eigenvalue weighted by Crippen LogP contribution is 2.36. The standard InChI is InChI=1S/C14H13FN6S/c1-8-7-22-14-18-13(9(2)19-20-16)12(6-21(8)14)10-3-11(15)5-17-4-10/h3-5,7,9H,6H2,1-2H3. The number of fused-ring (bicyclic) bond motifs is 1. The van der Waals surface area contributed by atoms with Gasteiger partial charge in [-0.25, -0.2) is 9.38 Å². The number of hydrogen-bond acceptors (Lipinski definition) is 5. The SMILES string of the molecule is CC1=CSC2=NC(C(C)N=[N+]=[N-])=C(c3cncc(F)c3)CN12. The van der Waals surface area contributed by atoms with Gasteiger partial charge in [-0.3, -0.25) is 4.98 Å². The third kappa shape index (κ3) is 2.58. The van der Waals surface area contributed by atoms with Crippen molar-refractivity contribution >= 4 is 22.5 Å². The van der Waals surface area contributed by atoms with Crippen molar-refractivity contribution in [1.82, 2.24) is 9.88 Å². The van der Waals surface area contributed by atoms with Gasteiger partial charge in [0.15, 0.2) is 5.17 Å². The molecule has 2 aliphatic rings. The van der Waals surface area contributed by atoms with E-state index in [2.05, 4.69) is 24.9 Å². The molecule has 112 valence electrons. The average Bonchev–Trinajstić information content (AvgIpc) is 2.87. The molecular formula is C14H13FN6S. The van der Waals surface area contributed by atoms with Crippen LogP contribution in [0.15, 0.2) is 45.4 Å². The van der Waals surface area contributed by atoms with E-state index in [1.54, 1.807) is 13.1 Å². The second-order valence-electron chi connectivity index (χ2n) is 4.99. The van der Waals surface area contributed by atoms with Gasteiger partial charge in [-0.2, -0.15) is 0 Å². The number of rotatable bonds is 3. The summed E-state index contributed by atoms with van der Waals surface area (Å²) in [4.78, 5) is 13.4. The van der Waals surface area contributed by atoms with Crippen molar-refractivity contribution in [3.63, 3.8) is 0 Å². The molecule has 0 aliphatic carbocycles. The van der Waals surface area contributed by atoms with E-state index in [4.69, 9.17) is 5.53 Å². The Labute approximate surface area is 131 Å². The van der Waals surface area contributed by atoms with Crippen molar-refractivity contribution in [2.45, 2.75) is 19.9 Å². The monoisotopic (exact) mass is 316 g/mol. The minimum Gasteiger partial charge on any atom is -0.320 e. The van der Waals surface area contributed by atoms with Gasteiger partial charge in [-0.05, 0) is 23.9 Å². The van der Waals surface area contributed by atoms with Crippen LogP contribution in [0.5, 0.6) is 0 Å². The Hall–Kier alpha value is -2.31. The van der Waals surface area contributed by atoms with Crippen molar-refractivity contribution in [3.05, 3.63) is 57.1 Å². The molecule has 0 spiro atoms. The minimum absolute atomic E-state index is 0.404. The van der Waals surface area contributed by atoms with E-state index in [0.29, 0.717) is 17.8 Å². The molecule has 0 saturated heterocycles. The van der Waals surface area contributed by atoms with Crippen molar-refractivity contribution in [2.75, 3.05) is 6.54 Å². The third-order valence-electron chi connectivity index (χ3n) is 3.51. The summed E-state index contributed by atoms with van der Waals surface area (Å²) >= 11 is 1.53. The predicted octanol–water partition coefficient (Wildman–Crippen LogP) is 3.91. The molecule has 2 aliphatic heterocycles. The van der Waals surface area contributed by atoms with Gasteiger partial charge in [0.2, 0.25) is 0 Å². The molecule has 0 amide bonds. The zero-order valence-electron chi connectivity index (χ0n) is 12.1. The van der Waals surface area contributed by atoms with E-state index < -0.39 is 11.9 Å². The molecule has 1 aromatic rings. The number of thioether (sulfide) groups is 1. The summed E-state index contributed by atoms with van der Waals surface area (Å²) in [7, 11) is 0. The molecule has 3 rings (SSSR count). The number of allylic oxidation sites excluding steroid dienone is 1. The first-order valence-corrected chi connectivity index (χ1v) is 7.56. The van der Waals surface area contributed by atoms with E-state index in [-0.39, 0.29) is 0 Å². The maximum atomic E-state index is 13.5. The van der Waals surface area contributed by atoms with Crippen LogP contribution in [0, 0.1) is 5.82 Å². The maximum Gasteiger partial charge on any atom is 0.173 e. The van der Waals surface area contributed by atoms with Crippen LogP contribution in [0.2, 0.25) is 0 Å². The van der Waals surface area contributed by atoms with Crippen molar-refractivity contribution < 1.29 is 4.39 Å². The number of azide groups is 1. The van der Waals surface area contributed by atoms with E-state index in [9.17, 15) is 4.39 Å². The lowest BCUT2D eigenvalue weighted by molar-refractivity contribution is 0.579. The lowest BCUT2D eigenvalue weighted by Gasteiger charge is -2.29. The number of halogens is 1. The third-order valence-corrected chi connectivity index (χ3v) is 4.49. The summed E-state index contributed by atoms with van der Waals surface area (Å²) in [5, 5.41) is 6.60. The topological polar surface area (TPSA) is 77.2 Å². The second-order valence-corrected chi connectivity index (χ2v) is 5.83. The van der Waals surface area contributed by atoms with Crippen molar-refractivity contribution in [3.8, 4) is 0 Å². The van der Waals surface area contributed by atoms with Crippen LogP contribution in [0.4, 0.5) is 4.39 Å². The fourth-order valence-corrected chi connectivity index (χ4v) is 3.29. The van der Waals surface area contributed by atoms with Gasteiger partial charge in [0, 0.05) is 27.9 Å². The van der Waals surface area contributed by atoms with Gasteiger partial charge >= 0.3 is 0 Å². The Morgan fingerprint density at radius 2 is 2.32 bits per heavy atom. The van der Waals surface area contributed by atoms with Crippen LogP contribution >= 0.6 is 11.8 Å². The molecular weight excluding hydrogens is 303 g/mol. The largest absolute Gasteiger partial charge is 0.320 e. The van der Waals surface area contributed by atoms with Crippen LogP contribution < -0.4 is 0 Å². The summed E-state index contributed by atoms with van der Waals surface area (Å²) in [6, 6.07) is 0.993. The zero-order valence-corrected chi connectivity index (χ0v) is 12.9. The number of nitrogens with zero attached hydrogens (tertiary/aromatic N) is 6. The van der Waals surface area contributed by atoms with E-state index in [1.165, 1.54) is 17.8 Å². The molecule has 0 N–H and O–H groups in total. The maximum absolute atomic E-state index is 13.5. The van der Waals surface area contributed by atoms with Crippen molar-refractivity contribution in [2.24, 2.45) is 10.1 Å². The Balaban J connectivity index is 2.12. The highest BCUT2D eigenvalue weighted by molar-refractivity contribution is 8.16. The first-order valence-electron chi connectivity index (χ1n) is 6.68. The summed E-state index contributed by atoms with van der Waals surface area (Å²) < 4.78 is 13.5. The molecule has 1 atom stereocenters. The fraction of sp³-hybridized carbons (Fsp3) is 0.286. The van der Waals surface area contributed by atoms with Gasteiger partial charge in [0.05, 0.1) is 24.5 Å². The average molecular weight is 316 g/mol. The first-order chi connectivity index (χ1) is 10.6.